The van der Waals surface area contributed by atoms with E-state index in [1.807, 2.05) is 11.8 Å². The van der Waals surface area contributed by atoms with Gasteiger partial charge in [-0.3, -0.25) is 9.69 Å². The summed E-state index contributed by atoms with van der Waals surface area (Å²) < 4.78 is 5.70. The van der Waals surface area contributed by atoms with Gasteiger partial charge in [-0.15, -0.1) is 0 Å². The molecule has 0 radical (unpaired) electrons. The van der Waals surface area contributed by atoms with Gasteiger partial charge < -0.3 is 14.7 Å². The van der Waals surface area contributed by atoms with Crippen molar-refractivity contribution in [3.8, 4) is 0 Å². The van der Waals surface area contributed by atoms with E-state index in [-0.39, 0.29) is 48.0 Å². The number of hydrogen-bond acceptors (Lipinski definition) is 5. The third-order valence-corrected chi connectivity index (χ3v) is 7.07. The van der Waals surface area contributed by atoms with E-state index in [1.54, 1.807) is 13.0 Å². The maximum absolute atomic E-state index is 12.4. The van der Waals surface area contributed by atoms with E-state index in [2.05, 4.69) is 4.90 Å². The van der Waals surface area contributed by atoms with Crippen molar-refractivity contribution >= 4 is 11.9 Å². The molecule has 4 saturated heterocycles. The zero-order valence-corrected chi connectivity index (χ0v) is 15.8. The van der Waals surface area contributed by atoms with E-state index < -0.39 is 0 Å². The maximum Gasteiger partial charge on any atom is 0.333 e. The molecule has 4 heterocycles. The van der Waals surface area contributed by atoms with Gasteiger partial charge in [-0.2, -0.15) is 0 Å². The van der Waals surface area contributed by atoms with Crippen LogP contribution in [0.3, 0.4) is 0 Å². The highest BCUT2D eigenvalue weighted by Crippen LogP contribution is 2.43. The molecule has 26 heavy (non-hydrogen) atoms. The Balaban J connectivity index is 1.49. The number of piperidine rings is 4. The number of carbonyl (C=O) groups excluding carboxylic acids is 2. The van der Waals surface area contributed by atoms with Gasteiger partial charge in [0.15, 0.2) is 0 Å². The monoisotopic (exact) mass is 362 g/mol. The van der Waals surface area contributed by atoms with Crippen LogP contribution < -0.4 is 0 Å². The number of amides is 1. The van der Waals surface area contributed by atoms with Crippen LogP contribution in [0.2, 0.25) is 0 Å². The van der Waals surface area contributed by atoms with Gasteiger partial charge in [-0.25, -0.2) is 4.79 Å². The number of hydrogen-bond donors (Lipinski definition) is 1. The van der Waals surface area contributed by atoms with Crippen molar-refractivity contribution in [1.29, 1.82) is 0 Å². The minimum Gasteiger partial charge on any atom is -0.459 e. The molecule has 1 amide bonds. The third kappa shape index (κ3) is 2.97. The first-order chi connectivity index (χ1) is 12.5. The molecule has 144 valence electrons. The lowest BCUT2D eigenvalue weighted by molar-refractivity contribution is -0.176. The SMILES string of the molecule is C/C=C(/C)C(=O)O[C@H]1CCN2C[C@H]3[C@H](O)[C@H](CN4C(=O)CCC[C@H]34)[C@@H]2C1. The number of rotatable bonds is 2. The van der Waals surface area contributed by atoms with Gasteiger partial charge in [0, 0.05) is 62.0 Å². The highest BCUT2D eigenvalue weighted by Gasteiger charge is 2.54. The van der Waals surface area contributed by atoms with E-state index in [0.29, 0.717) is 18.5 Å². The second-order valence-electron chi connectivity index (χ2n) is 8.41. The fourth-order valence-corrected chi connectivity index (χ4v) is 5.51. The first kappa shape index (κ1) is 18.0. The van der Waals surface area contributed by atoms with Crippen LogP contribution in [0.1, 0.15) is 46.0 Å². The van der Waals surface area contributed by atoms with Crippen molar-refractivity contribution in [1.82, 2.24) is 9.80 Å². The number of fused-ring (bicyclic) bond motifs is 6. The third-order valence-electron chi connectivity index (χ3n) is 7.07. The molecule has 0 aromatic heterocycles. The largest absolute Gasteiger partial charge is 0.459 e. The summed E-state index contributed by atoms with van der Waals surface area (Å²) in [5, 5.41) is 11.0. The van der Waals surface area contributed by atoms with Crippen molar-refractivity contribution in [2.75, 3.05) is 19.6 Å². The minimum atomic E-state index is -0.352. The summed E-state index contributed by atoms with van der Waals surface area (Å²) in [6.45, 7) is 6.01. The van der Waals surface area contributed by atoms with Crippen molar-refractivity contribution in [3.63, 3.8) is 0 Å². The second-order valence-corrected chi connectivity index (χ2v) is 8.41. The Morgan fingerprint density at radius 2 is 2.00 bits per heavy atom. The summed E-state index contributed by atoms with van der Waals surface area (Å²) in [5.74, 6) is 0.240. The Labute approximate surface area is 155 Å². The van der Waals surface area contributed by atoms with Crippen LogP contribution in [0.15, 0.2) is 11.6 Å². The minimum absolute atomic E-state index is 0.0661. The fraction of sp³-hybridized carbons (Fsp3) is 0.800. The van der Waals surface area contributed by atoms with Crippen LogP contribution in [0.5, 0.6) is 0 Å². The molecule has 4 rings (SSSR count). The van der Waals surface area contributed by atoms with Gasteiger partial charge in [-0.1, -0.05) is 6.08 Å². The molecule has 2 bridgehead atoms. The number of esters is 1. The quantitative estimate of drug-likeness (QED) is 0.593. The summed E-state index contributed by atoms with van der Waals surface area (Å²) in [5.41, 5.74) is 0.635. The number of ether oxygens (including phenoxy) is 1. The molecule has 0 aromatic rings. The smallest absolute Gasteiger partial charge is 0.333 e. The summed E-state index contributed by atoms with van der Waals surface area (Å²) in [7, 11) is 0. The van der Waals surface area contributed by atoms with Gasteiger partial charge in [-0.05, 0) is 33.1 Å². The number of carbonyl (C=O) groups is 2. The summed E-state index contributed by atoms with van der Waals surface area (Å²) >= 11 is 0. The number of nitrogens with zero attached hydrogens (tertiary/aromatic N) is 2. The van der Waals surface area contributed by atoms with Crippen LogP contribution in [0.4, 0.5) is 0 Å². The molecule has 6 atom stereocenters. The first-order valence-electron chi connectivity index (χ1n) is 10.0. The van der Waals surface area contributed by atoms with Gasteiger partial charge >= 0.3 is 5.97 Å². The molecular weight excluding hydrogens is 332 g/mol. The van der Waals surface area contributed by atoms with Crippen LogP contribution in [0.25, 0.3) is 0 Å². The zero-order chi connectivity index (χ0) is 18.4. The van der Waals surface area contributed by atoms with Crippen LogP contribution in [0, 0.1) is 11.8 Å². The maximum atomic E-state index is 12.4. The van der Waals surface area contributed by atoms with E-state index in [4.69, 9.17) is 4.74 Å². The standard InChI is InChI=1S/C20H30N2O4/c1-3-12(2)20(25)26-13-7-8-21-10-14-16-5-4-6-18(23)22(16)11-15(19(14)24)17(21)9-13/h3,13-17,19,24H,4-11H2,1-2H3/b12-3-/t13-,14+,15+,16+,17-,19-/m0/s1. The Morgan fingerprint density at radius 3 is 2.77 bits per heavy atom. The van der Waals surface area contributed by atoms with Crippen molar-refractivity contribution in [3.05, 3.63) is 11.6 Å². The van der Waals surface area contributed by atoms with Crippen LogP contribution >= 0.6 is 0 Å². The molecule has 0 unspecified atom stereocenters. The molecule has 4 aliphatic rings. The molecule has 0 saturated carbocycles. The molecular formula is C20H30N2O4. The fourth-order valence-electron chi connectivity index (χ4n) is 5.51. The predicted octanol–water partition coefficient (Wildman–Crippen LogP) is 1.33. The predicted molar refractivity (Wildman–Crippen MR) is 96.2 cm³/mol. The second kappa shape index (κ2) is 6.97. The van der Waals surface area contributed by atoms with E-state index in [1.165, 1.54) is 0 Å². The highest BCUT2D eigenvalue weighted by atomic mass is 16.5. The van der Waals surface area contributed by atoms with Gasteiger partial charge in [0.25, 0.3) is 0 Å². The van der Waals surface area contributed by atoms with E-state index in [9.17, 15) is 14.7 Å². The van der Waals surface area contributed by atoms with E-state index in [0.717, 1.165) is 38.8 Å². The van der Waals surface area contributed by atoms with E-state index >= 15 is 0 Å². The van der Waals surface area contributed by atoms with Gasteiger partial charge in [0.05, 0.1) is 6.10 Å². The lowest BCUT2D eigenvalue weighted by atomic mass is 9.68. The topological polar surface area (TPSA) is 70.1 Å². The zero-order valence-electron chi connectivity index (χ0n) is 15.8. The molecule has 0 spiro atoms. The first-order valence-corrected chi connectivity index (χ1v) is 10.0. The number of aliphatic hydroxyl groups is 1. The molecule has 4 aliphatic heterocycles. The summed E-state index contributed by atoms with van der Waals surface area (Å²) in [4.78, 5) is 29.0. The molecule has 6 heteroatoms. The van der Waals surface area contributed by atoms with Gasteiger partial charge in [0.2, 0.25) is 5.91 Å². The normalized spacial score (nSPS) is 40.7. The Morgan fingerprint density at radius 1 is 1.23 bits per heavy atom. The van der Waals surface area contributed by atoms with Crippen molar-refractivity contribution in [2.24, 2.45) is 11.8 Å². The summed E-state index contributed by atoms with van der Waals surface area (Å²) in [6.07, 6.45) is 5.53. The Hall–Kier alpha value is -1.40. The van der Waals surface area contributed by atoms with Crippen LogP contribution in [-0.4, -0.2) is 70.7 Å². The molecule has 0 aromatic carbocycles. The molecule has 1 N–H and O–H groups in total. The van der Waals surface area contributed by atoms with Crippen LogP contribution in [-0.2, 0) is 14.3 Å². The molecule has 6 nitrogen and oxygen atoms in total. The lowest BCUT2D eigenvalue weighted by Gasteiger charge is -2.59. The number of allylic oxidation sites excluding steroid dienone is 1. The van der Waals surface area contributed by atoms with Gasteiger partial charge in [0.1, 0.15) is 6.10 Å². The average molecular weight is 362 g/mol. The Bertz CT molecular complexity index is 619. The van der Waals surface area contributed by atoms with Crippen molar-refractivity contribution < 1.29 is 19.4 Å². The van der Waals surface area contributed by atoms with Crippen molar-refractivity contribution in [2.45, 2.75) is 70.2 Å². The average Bonchev–Trinajstić information content (AvgIpc) is 2.63. The lowest BCUT2D eigenvalue weighted by Crippen LogP contribution is -2.70. The molecule has 0 aliphatic carbocycles. The summed E-state index contributed by atoms with van der Waals surface area (Å²) in [6, 6.07) is 0.394. The Kier molecular flexibility index (Phi) is 4.82. The highest BCUT2D eigenvalue weighted by molar-refractivity contribution is 5.87. The molecule has 4 fully saturated rings. The number of aliphatic hydroxyl groups excluding tert-OH is 1.